The lowest BCUT2D eigenvalue weighted by Crippen LogP contribution is -2.47. The summed E-state index contributed by atoms with van der Waals surface area (Å²) in [4.78, 5) is 8.61. The molecule has 0 bridgehead atoms. The zero-order valence-corrected chi connectivity index (χ0v) is 22.2. The second kappa shape index (κ2) is 10.1. The van der Waals surface area contributed by atoms with Crippen molar-refractivity contribution in [1.82, 2.24) is 14.3 Å². The minimum absolute atomic E-state index is 0.273. The molecule has 1 aliphatic heterocycles. The van der Waals surface area contributed by atoms with Crippen LogP contribution in [-0.2, 0) is 9.84 Å². The second-order valence-electron chi connectivity index (χ2n) is 10.5. The molecule has 2 fully saturated rings. The normalized spacial score (nSPS) is 21.9. The second-order valence-corrected chi connectivity index (χ2v) is 13.3. The highest BCUT2D eigenvalue weighted by molar-refractivity contribution is 7.91. The van der Waals surface area contributed by atoms with Crippen molar-refractivity contribution in [2.75, 3.05) is 43.4 Å². The molecule has 0 unspecified atom stereocenters. The molecule has 1 aliphatic carbocycles. The number of benzene rings is 2. The zero-order valence-electron chi connectivity index (χ0n) is 20.6. The van der Waals surface area contributed by atoms with Gasteiger partial charge in [-0.3, -0.25) is 4.90 Å². The van der Waals surface area contributed by atoms with Gasteiger partial charge in [0.2, 0.25) is 0 Å². The quantitative estimate of drug-likeness (QED) is 0.344. The fraction of sp³-hybridized carbons (Fsp3) is 0.464. The van der Waals surface area contributed by atoms with E-state index in [1.165, 1.54) is 16.5 Å². The number of aromatic nitrogens is 2. The molecule has 2 aliphatic rings. The summed E-state index contributed by atoms with van der Waals surface area (Å²) in [6, 6.07) is 16.2. The van der Waals surface area contributed by atoms with E-state index in [2.05, 4.69) is 39.0 Å². The number of fused-ring (bicyclic) bond motifs is 2. The van der Waals surface area contributed by atoms with Crippen molar-refractivity contribution in [2.24, 2.45) is 11.8 Å². The van der Waals surface area contributed by atoms with E-state index in [0.29, 0.717) is 4.90 Å². The Morgan fingerprint density at radius 1 is 0.889 bits per heavy atom. The number of anilines is 1. The predicted octanol–water partition coefficient (Wildman–Crippen LogP) is 5.57. The maximum Gasteiger partial charge on any atom is 0.180 e. The van der Waals surface area contributed by atoms with Crippen molar-refractivity contribution in [2.45, 2.75) is 37.0 Å². The van der Waals surface area contributed by atoms with Crippen LogP contribution in [0.1, 0.15) is 32.1 Å². The van der Waals surface area contributed by atoms with Crippen LogP contribution in [0.3, 0.4) is 0 Å². The van der Waals surface area contributed by atoms with Crippen molar-refractivity contribution < 1.29 is 8.42 Å². The van der Waals surface area contributed by atoms with Crippen LogP contribution in [0, 0.1) is 11.8 Å². The summed E-state index contributed by atoms with van der Waals surface area (Å²) in [5.41, 5.74) is 0.889. The first kappa shape index (κ1) is 23.9. The van der Waals surface area contributed by atoms with Crippen LogP contribution in [0.5, 0.6) is 0 Å². The zero-order chi connectivity index (χ0) is 24.5. The minimum Gasteiger partial charge on any atom is -0.360 e. The van der Waals surface area contributed by atoms with Crippen LogP contribution < -0.4 is 4.90 Å². The highest BCUT2D eigenvalue weighted by Crippen LogP contribution is 2.34. The molecule has 0 amide bonds. The van der Waals surface area contributed by atoms with Crippen LogP contribution in [0.2, 0.25) is 0 Å². The van der Waals surface area contributed by atoms with E-state index < -0.39 is 9.84 Å². The number of sulfone groups is 1. The smallest absolute Gasteiger partial charge is 0.180 e. The maximum atomic E-state index is 13.1. The number of aromatic amines is 1. The lowest BCUT2D eigenvalue weighted by atomic mass is 9.81. The molecule has 3 heterocycles. The topological polar surface area (TPSA) is 69.3 Å². The molecule has 0 atom stereocenters. The fourth-order valence-corrected chi connectivity index (χ4v) is 8.72. The molecule has 0 spiro atoms. The van der Waals surface area contributed by atoms with E-state index in [1.54, 1.807) is 17.7 Å². The van der Waals surface area contributed by atoms with Gasteiger partial charge >= 0.3 is 0 Å². The SMILES string of the molecule is O=S(=O)(CC1CCC(CCN2CCN(c3nsc4ccccc34)CC2)CC1)c1c[nH]c2ccccc12. The third kappa shape index (κ3) is 4.91. The molecule has 1 N–H and O–H groups in total. The van der Waals surface area contributed by atoms with Gasteiger partial charge in [-0.2, -0.15) is 4.37 Å². The van der Waals surface area contributed by atoms with Gasteiger partial charge in [-0.15, -0.1) is 0 Å². The molecule has 1 saturated heterocycles. The van der Waals surface area contributed by atoms with E-state index in [-0.39, 0.29) is 11.7 Å². The van der Waals surface area contributed by atoms with E-state index in [4.69, 9.17) is 4.37 Å². The summed E-state index contributed by atoms with van der Waals surface area (Å²) in [7, 11) is -3.28. The number of hydrogen-bond acceptors (Lipinski definition) is 6. The lowest BCUT2D eigenvalue weighted by Gasteiger charge is -2.36. The summed E-state index contributed by atoms with van der Waals surface area (Å²) < 4.78 is 32.3. The number of para-hydroxylation sites is 1. The van der Waals surface area contributed by atoms with E-state index in [1.807, 2.05) is 24.3 Å². The fourth-order valence-electron chi connectivity index (χ4n) is 6.04. The van der Waals surface area contributed by atoms with Gasteiger partial charge in [0.15, 0.2) is 9.84 Å². The van der Waals surface area contributed by atoms with Crippen LogP contribution in [0.15, 0.2) is 59.6 Å². The minimum atomic E-state index is -3.28. The third-order valence-electron chi connectivity index (χ3n) is 8.19. The average Bonchev–Trinajstić information content (AvgIpc) is 3.54. The van der Waals surface area contributed by atoms with Gasteiger partial charge in [-0.05, 0) is 67.4 Å². The highest BCUT2D eigenvalue weighted by atomic mass is 32.2. The Morgan fingerprint density at radius 3 is 2.39 bits per heavy atom. The Balaban J connectivity index is 0.959. The van der Waals surface area contributed by atoms with Gasteiger partial charge < -0.3 is 9.88 Å². The number of nitrogens with one attached hydrogen (secondary N) is 1. The molecule has 1 saturated carbocycles. The van der Waals surface area contributed by atoms with Crippen molar-refractivity contribution in [3.05, 3.63) is 54.7 Å². The summed E-state index contributed by atoms with van der Waals surface area (Å²) in [6.45, 7) is 5.39. The third-order valence-corrected chi connectivity index (χ3v) is 10.9. The standard InChI is InChI=1S/C28H34N4O2S2/c33-36(34,27-19-29-25-7-3-1-5-23(25)27)20-22-11-9-21(10-12-22)13-14-31-15-17-32(18-16-31)28-24-6-2-4-8-26(24)35-30-28/h1-8,19,21-22,29H,9-18,20H2. The van der Waals surface area contributed by atoms with Gasteiger partial charge in [0.25, 0.3) is 0 Å². The van der Waals surface area contributed by atoms with Gasteiger partial charge in [-0.1, -0.05) is 43.2 Å². The van der Waals surface area contributed by atoms with Crippen LogP contribution in [-0.4, -0.2) is 61.2 Å². The Labute approximate surface area is 217 Å². The van der Waals surface area contributed by atoms with Gasteiger partial charge in [0.1, 0.15) is 5.82 Å². The maximum absolute atomic E-state index is 13.1. The first-order valence-electron chi connectivity index (χ1n) is 13.2. The van der Waals surface area contributed by atoms with Crippen LogP contribution in [0.25, 0.3) is 21.0 Å². The van der Waals surface area contributed by atoms with E-state index in [9.17, 15) is 8.42 Å². The molecule has 2 aromatic heterocycles. The first-order chi connectivity index (χ1) is 17.6. The number of rotatable bonds is 7. The number of H-pyrrole nitrogens is 1. The molecule has 36 heavy (non-hydrogen) atoms. The summed E-state index contributed by atoms with van der Waals surface area (Å²) in [5, 5.41) is 2.09. The Bertz CT molecular complexity index is 1430. The van der Waals surface area contributed by atoms with Crippen molar-refractivity contribution >= 4 is 48.2 Å². The molecule has 4 aromatic rings. The summed E-state index contributed by atoms with van der Waals surface area (Å²) >= 11 is 1.60. The first-order valence-corrected chi connectivity index (χ1v) is 15.6. The molecular weight excluding hydrogens is 488 g/mol. The highest BCUT2D eigenvalue weighted by Gasteiger charge is 2.29. The Morgan fingerprint density at radius 2 is 1.58 bits per heavy atom. The van der Waals surface area contributed by atoms with Gasteiger partial charge in [0.05, 0.1) is 15.3 Å². The van der Waals surface area contributed by atoms with Crippen molar-refractivity contribution in [3.63, 3.8) is 0 Å². The number of piperazine rings is 1. The summed E-state index contributed by atoms with van der Waals surface area (Å²) in [6.07, 6.45) is 7.25. The van der Waals surface area contributed by atoms with Gasteiger partial charge in [0, 0.05) is 48.7 Å². The molecule has 6 rings (SSSR count). The summed E-state index contributed by atoms with van der Waals surface area (Å²) in [5.74, 6) is 2.42. The molecule has 0 radical (unpaired) electrons. The van der Waals surface area contributed by atoms with Crippen LogP contribution >= 0.6 is 11.5 Å². The van der Waals surface area contributed by atoms with E-state index >= 15 is 0 Å². The van der Waals surface area contributed by atoms with Crippen LogP contribution in [0.4, 0.5) is 5.82 Å². The molecule has 8 heteroatoms. The van der Waals surface area contributed by atoms with E-state index in [0.717, 1.165) is 81.0 Å². The van der Waals surface area contributed by atoms with Crippen molar-refractivity contribution in [3.8, 4) is 0 Å². The molecule has 190 valence electrons. The lowest BCUT2D eigenvalue weighted by molar-refractivity contribution is 0.209. The molecule has 6 nitrogen and oxygen atoms in total. The number of hydrogen-bond donors (Lipinski definition) is 1. The monoisotopic (exact) mass is 522 g/mol. The number of nitrogens with zero attached hydrogens (tertiary/aromatic N) is 3. The Kier molecular flexibility index (Phi) is 6.75. The molecule has 2 aromatic carbocycles. The molecular formula is C28H34N4O2S2. The predicted molar refractivity (Wildman–Crippen MR) is 149 cm³/mol. The van der Waals surface area contributed by atoms with Crippen molar-refractivity contribution in [1.29, 1.82) is 0 Å². The largest absolute Gasteiger partial charge is 0.360 e. The average molecular weight is 523 g/mol. The Hall–Kier alpha value is -2.42. The van der Waals surface area contributed by atoms with Gasteiger partial charge in [-0.25, -0.2) is 8.42 Å².